The van der Waals surface area contributed by atoms with Crippen LogP contribution in [0.2, 0.25) is 0 Å². The van der Waals surface area contributed by atoms with E-state index >= 15 is 0 Å². The van der Waals surface area contributed by atoms with Gasteiger partial charge in [-0.1, -0.05) is 25.5 Å². The molecule has 0 unspecified atom stereocenters. The van der Waals surface area contributed by atoms with Crippen LogP contribution in [0.1, 0.15) is 41.4 Å². The number of non-ortho nitro benzene ring substituents is 1. The summed E-state index contributed by atoms with van der Waals surface area (Å²) in [6.07, 6.45) is 2.33. The van der Waals surface area contributed by atoms with Gasteiger partial charge in [-0.15, -0.1) is 0 Å². The van der Waals surface area contributed by atoms with Crippen molar-refractivity contribution in [3.63, 3.8) is 0 Å². The lowest BCUT2D eigenvalue weighted by molar-refractivity contribution is -0.384. The zero-order valence-corrected chi connectivity index (χ0v) is 13.7. The van der Waals surface area contributed by atoms with Gasteiger partial charge in [-0.25, -0.2) is 0 Å². The molecule has 0 saturated heterocycles. The van der Waals surface area contributed by atoms with Crippen molar-refractivity contribution in [1.82, 2.24) is 0 Å². The fraction of sp³-hybridized carbons (Fsp3) is 0.211. The molecule has 0 aliphatic heterocycles. The van der Waals surface area contributed by atoms with Gasteiger partial charge in [0.2, 0.25) is 0 Å². The Morgan fingerprint density at radius 1 is 1.24 bits per heavy atom. The van der Waals surface area contributed by atoms with Gasteiger partial charge in [-0.2, -0.15) is 0 Å². The summed E-state index contributed by atoms with van der Waals surface area (Å²) in [7, 11) is 0. The number of nitro groups is 1. The number of nitro benzene ring substituents is 1. The first-order chi connectivity index (χ1) is 12.0. The standard InChI is InChI=1S/C19H17NO5/c1-2-3-7-17-18(19(22)12-5-4-6-14(21)10-12)15-11-13(20(23)24)8-9-16(15)25-17/h4-6,8-11,21H,2-3,7H2,1H3. The maximum absolute atomic E-state index is 13.0. The van der Waals surface area contributed by atoms with E-state index in [4.69, 9.17) is 4.42 Å². The minimum Gasteiger partial charge on any atom is -0.508 e. The molecule has 1 N–H and O–H groups in total. The second-order valence-electron chi connectivity index (χ2n) is 5.82. The second kappa shape index (κ2) is 6.76. The number of fused-ring (bicyclic) bond motifs is 1. The number of unbranched alkanes of at least 4 members (excludes halogenated alkanes) is 1. The monoisotopic (exact) mass is 339 g/mol. The summed E-state index contributed by atoms with van der Waals surface area (Å²) < 4.78 is 5.80. The van der Waals surface area contributed by atoms with Gasteiger partial charge in [0.1, 0.15) is 17.1 Å². The molecule has 1 heterocycles. The summed E-state index contributed by atoms with van der Waals surface area (Å²) in [4.78, 5) is 23.6. The molecular weight excluding hydrogens is 322 g/mol. The molecule has 3 rings (SSSR count). The topological polar surface area (TPSA) is 93.6 Å². The van der Waals surface area contributed by atoms with Crippen LogP contribution in [-0.2, 0) is 6.42 Å². The van der Waals surface area contributed by atoms with Gasteiger partial charge < -0.3 is 9.52 Å². The van der Waals surface area contributed by atoms with Crippen molar-refractivity contribution in [1.29, 1.82) is 0 Å². The van der Waals surface area contributed by atoms with E-state index in [1.165, 1.54) is 30.3 Å². The number of aryl methyl sites for hydroxylation is 1. The maximum atomic E-state index is 13.0. The maximum Gasteiger partial charge on any atom is 0.270 e. The molecule has 0 saturated carbocycles. The zero-order valence-electron chi connectivity index (χ0n) is 13.7. The number of furan rings is 1. The van der Waals surface area contributed by atoms with E-state index < -0.39 is 4.92 Å². The third kappa shape index (κ3) is 3.24. The Bertz CT molecular complexity index is 958. The molecule has 0 fully saturated rings. The summed E-state index contributed by atoms with van der Waals surface area (Å²) in [5, 5.41) is 21.1. The first-order valence-corrected chi connectivity index (χ1v) is 8.04. The molecular formula is C19H17NO5. The average Bonchev–Trinajstić information content (AvgIpc) is 2.96. The van der Waals surface area contributed by atoms with Gasteiger partial charge in [0.15, 0.2) is 5.78 Å². The molecule has 0 bridgehead atoms. The van der Waals surface area contributed by atoms with Crippen LogP contribution in [0.4, 0.5) is 5.69 Å². The molecule has 6 heteroatoms. The van der Waals surface area contributed by atoms with Gasteiger partial charge in [-0.3, -0.25) is 14.9 Å². The third-order valence-corrected chi connectivity index (χ3v) is 4.05. The molecule has 6 nitrogen and oxygen atoms in total. The highest BCUT2D eigenvalue weighted by molar-refractivity contribution is 6.17. The van der Waals surface area contributed by atoms with Crippen molar-refractivity contribution in [3.8, 4) is 5.75 Å². The third-order valence-electron chi connectivity index (χ3n) is 4.05. The molecule has 0 amide bonds. The highest BCUT2D eigenvalue weighted by Crippen LogP contribution is 2.32. The summed E-state index contributed by atoms with van der Waals surface area (Å²) in [5.74, 6) is 0.187. The van der Waals surface area contributed by atoms with Crippen molar-refractivity contribution in [2.45, 2.75) is 26.2 Å². The Kier molecular flexibility index (Phi) is 4.52. The minimum absolute atomic E-state index is 0.0141. The number of hydrogen-bond donors (Lipinski definition) is 1. The van der Waals surface area contributed by atoms with Crippen LogP contribution in [0.25, 0.3) is 11.0 Å². The van der Waals surface area contributed by atoms with Crippen LogP contribution in [0.5, 0.6) is 5.75 Å². The van der Waals surface area contributed by atoms with Crippen molar-refractivity contribution in [2.24, 2.45) is 0 Å². The summed E-state index contributed by atoms with van der Waals surface area (Å²) in [6.45, 7) is 2.03. The number of aromatic hydroxyl groups is 1. The van der Waals surface area contributed by atoms with Crippen LogP contribution < -0.4 is 0 Å². The normalized spacial score (nSPS) is 10.9. The molecule has 0 aliphatic carbocycles. The molecule has 0 atom stereocenters. The van der Waals surface area contributed by atoms with E-state index in [1.54, 1.807) is 12.1 Å². The van der Waals surface area contributed by atoms with Gasteiger partial charge in [0.05, 0.1) is 10.5 Å². The highest BCUT2D eigenvalue weighted by atomic mass is 16.6. The van der Waals surface area contributed by atoms with Gasteiger partial charge >= 0.3 is 0 Å². The Labute approximate surface area is 143 Å². The van der Waals surface area contributed by atoms with Gasteiger partial charge in [0.25, 0.3) is 5.69 Å². The lowest BCUT2D eigenvalue weighted by atomic mass is 9.98. The molecule has 0 spiro atoms. The Morgan fingerprint density at radius 2 is 2.04 bits per heavy atom. The van der Waals surface area contributed by atoms with E-state index in [1.807, 2.05) is 6.92 Å². The molecule has 3 aromatic rings. The fourth-order valence-corrected chi connectivity index (χ4v) is 2.80. The molecule has 0 aliphatic rings. The summed E-state index contributed by atoms with van der Waals surface area (Å²) >= 11 is 0. The van der Waals surface area contributed by atoms with E-state index in [9.17, 15) is 20.0 Å². The molecule has 25 heavy (non-hydrogen) atoms. The van der Waals surface area contributed by atoms with E-state index in [0.29, 0.717) is 34.3 Å². The number of carbonyl (C=O) groups is 1. The van der Waals surface area contributed by atoms with Crippen LogP contribution in [0.15, 0.2) is 46.9 Å². The lowest BCUT2D eigenvalue weighted by Gasteiger charge is -2.03. The van der Waals surface area contributed by atoms with Crippen molar-refractivity contribution in [3.05, 3.63) is 69.5 Å². The predicted molar refractivity (Wildman–Crippen MR) is 93.0 cm³/mol. The molecule has 128 valence electrons. The van der Waals surface area contributed by atoms with Crippen LogP contribution >= 0.6 is 0 Å². The Balaban J connectivity index is 2.19. The SMILES string of the molecule is CCCCc1oc2ccc([N+](=O)[O-])cc2c1C(=O)c1cccc(O)c1. The predicted octanol–water partition coefficient (Wildman–Crippen LogP) is 4.62. The number of carbonyl (C=O) groups excluding carboxylic acids is 1. The summed E-state index contributed by atoms with van der Waals surface area (Å²) in [6, 6.07) is 10.3. The molecule has 2 aromatic carbocycles. The van der Waals surface area contributed by atoms with Crippen molar-refractivity contribution >= 4 is 22.4 Å². The van der Waals surface area contributed by atoms with E-state index in [2.05, 4.69) is 0 Å². The van der Waals surface area contributed by atoms with Gasteiger partial charge in [-0.05, 0) is 24.6 Å². The number of ketones is 1. The van der Waals surface area contributed by atoms with Crippen LogP contribution in [0.3, 0.4) is 0 Å². The van der Waals surface area contributed by atoms with Crippen LogP contribution in [-0.4, -0.2) is 15.8 Å². The fourth-order valence-electron chi connectivity index (χ4n) is 2.80. The highest BCUT2D eigenvalue weighted by Gasteiger charge is 2.23. The minimum atomic E-state index is -0.499. The Morgan fingerprint density at radius 3 is 2.72 bits per heavy atom. The first-order valence-electron chi connectivity index (χ1n) is 8.04. The number of rotatable bonds is 6. The number of phenolic OH excluding ortho intramolecular Hbond substituents is 1. The number of nitrogens with zero attached hydrogens (tertiary/aromatic N) is 1. The second-order valence-corrected chi connectivity index (χ2v) is 5.82. The van der Waals surface area contributed by atoms with E-state index in [-0.39, 0.29) is 17.2 Å². The number of phenols is 1. The summed E-state index contributed by atoms with van der Waals surface area (Å²) in [5.41, 5.74) is 0.991. The van der Waals surface area contributed by atoms with Crippen molar-refractivity contribution in [2.75, 3.05) is 0 Å². The van der Waals surface area contributed by atoms with Gasteiger partial charge in [0, 0.05) is 29.5 Å². The molecule has 0 radical (unpaired) electrons. The van der Waals surface area contributed by atoms with Crippen molar-refractivity contribution < 1.29 is 19.2 Å². The first kappa shape index (κ1) is 16.7. The quantitative estimate of drug-likeness (QED) is 0.402. The smallest absolute Gasteiger partial charge is 0.270 e. The largest absolute Gasteiger partial charge is 0.508 e. The number of hydrogen-bond acceptors (Lipinski definition) is 5. The number of benzene rings is 2. The molecule has 1 aromatic heterocycles. The Hall–Kier alpha value is -3.15. The van der Waals surface area contributed by atoms with E-state index in [0.717, 1.165) is 12.8 Å². The zero-order chi connectivity index (χ0) is 18.0. The lowest BCUT2D eigenvalue weighted by Crippen LogP contribution is -2.04. The average molecular weight is 339 g/mol. The van der Waals surface area contributed by atoms with Crippen LogP contribution in [0, 0.1) is 10.1 Å².